The average Bonchev–Trinajstić information content (AvgIpc) is 2.29. The lowest BCUT2D eigenvalue weighted by atomic mass is 9.92. The van der Waals surface area contributed by atoms with Crippen LogP contribution in [-0.2, 0) is 9.53 Å². The Morgan fingerprint density at radius 1 is 1.38 bits per heavy atom. The second kappa shape index (κ2) is 7.60. The van der Waals surface area contributed by atoms with E-state index in [1.54, 1.807) is 7.11 Å². The van der Waals surface area contributed by atoms with Gasteiger partial charge in [-0.1, -0.05) is 0 Å². The molecular weight excluding hydrogens is 206 g/mol. The number of methoxy groups -OCH3 is 1. The van der Waals surface area contributed by atoms with Gasteiger partial charge in [-0.15, -0.1) is 0 Å². The summed E-state index contributed by atoms with van der Waals surface area (Å²) in [5, 5.41) is 6.04. The lowest BCUT2D eigenvalue weighted by Crippen LogP contribution is -2.43. The van der Waals surface area contributed by atoms with Crippen molar-refractivity contribution in [2.24, 2.45) is 5.73 Å². The molecule has 0 bridgehead atoms. The van der Waals surface area contributed by atoms with Crippen molar-refractivity contribution in [1.82, 2.24) is 10.6 Å². The third kappa shape index (κ3) is 5.44. The Hall–Kier alpha value is -0.650. The molecule has 0 heterocycles. The summed E-state index contributed by atoms with van der Waals surface area (Å²) in [6, 6.07) is 0.807. The SMILES string of the molecule is COCCNC(=O)CNC1CCC(N)CC1. The molecule has 5 nitrogen and oxygen atoms in total. The second-order valence-corrected chi connectivity index (χ2v) is 4.34. The number of nitrogens with one attached hydrogen (secondary N) is 2. The summed E-state index contributed by atoms with van der Waals surface area (Å²) in [6.07, 6.45) is 4.27. The van der Waals surface area contributed by atoms with E-state index in [0.29, 0.717) is 31.8 Å². The standard InChI is InChI=1S/C11H23N3O2/c1-16-7-6-13-11(15)8-14-10-4-2-9(12)3-5-10/h9-10,14H,2-8,12H2,1H3,(H,13,15). The van der Waals surface area contributed by atoms with Crippen LogP contribution in [0.25, 0.3) is 0 Å². The second-order valence-electron chi connectivity index (χ2n) is 4.34. The Kier molecular flexibility index (Phi) is 6.37. The van der Waals surface area contributed by atoms with Gasteiger partial charge >= 0.3 is 0 Å². The monoisotopic (exact) mass is 229 g/mol. The molecule has 0 spiro atoms. The summed E-state index contributed by atoms with van der Waals surface area (Å²) in [7, 11) is 1.62. The van der Waals surface area contributed by atoms with Crippen molar-refractivity contribution in [3.63, 3.8) is 0 Å². The van der Waals surface area contributed by atoms with Gasteiger partial charge in [-0.05, 0) is 25.7 Å². The summed E-state index contributed by atoms with van der Waals surface area (Å²) >= 11 is 0. The third-order valence-corrected chi connectivity index (χ3v) is 2.95. The van der Waals surface area contributed by atoms with Crippen molar-refractivity contribution in [3.8, 4) is 0 Å². The molecular formula is C11H23N3O2. The lowest BCUT2D eigenvalue weighted by Gasteiger charge is -2.26. The van der Waals surface area contributed by atoms with Gasteiger partial charge in [-0.2, -0.15) is 0 Å². The van der Waals surface area contributed by atoms with Crippen LogP contribution in [0.2, 0.25) is 0 Å². The quantitative estimate of drug-likeness (QED) is 0.542. The number of rotatable bonds is 6. The van der Waals surface area contributed by atoms with Crippen LogP contribution in [0.5, 0.6) is 0 Å². The first kappa shape index (κ1) is 13.4. The van der Waals surface area contributed by atoms with E-state index in [0.717, 1.165) is 25.7 Å². The lowest BCUT2D eigenvalue weighted by molar-refractivity contribution is -0.120. The van der Waals surface area contributed by atoms with Gasteiger partial charge in [0.25, 0.3) is 0 Å². The maximum atomic E-state index is 11.4. The van der Waals surface area contributed by atoms with E-state index in [1.807, 2.05) is 0 Å². The van der Waals surface area contributed by atoms with E-state index in [4.69, 9.17) is 10.5 Å². The highest BCUT2D eigenvalue weighted by Gasteiger charge is 2.18. The van der Waals surface area contributed by atoms with Crippen LogP contribution in [0.3, 0.4) is 0 Å². The normalized spacial score (nSPS) is 25.4. The molecule has 0 radical (unpaired) electrons. The molecule has 1 aliphatic carbocycles. The van der Waals surface area contributed by atoms with Gasteiger partial charge in [0.1, 0.15) is 0 Å². The Labute approximate surface area is 97.1 Å². The average molecular weight is 229 g/mol. The molecule has 0 aliphatic heterocycles. The van der Waals surface area contributed by atoms with Crippen molar-refractivity contribution in [2.75, 3.05) is 26.8 Å². The first-order valence-electron chi connectivity index (χ1n) is 5.97. The van der Waals surface area contributed by atoms with Crippen LogP contribution in [0.15, 0.2) is 0 Å². The maximum Gasteiger partial charge on any atom is 0.234 e. The number of carbonyl (C=O) groups is 1. The van der Waals surface area contributed by atoms with Crippen LogP contribution in [0.1, 0.15) is 25.7 Å². The topological polar surface area (TPSA) is 76.4 Å². The summed E-state index contributed by atoms with van der Waals surface area (Å²) in [5.41, 5.74) is 5.81. The molecule has 1 amide bonds. The minimum atomic E-state index is 0.0342. The number of hydrogen-bond acceptors (Lipinski definition) is 4. The molecule has 0 aromatic heterocycles. The predicted molar refractivity (Wildman–Crippen MR) is 63.1 cm³/mol. The van der Waals surface area contributed by atoms with Gasteiger partial charge < -0.3 is 21.1 Å². The summed E-state index contributed by atoms with van der Waals surface area (Å²) in [5.74, 6) is 0.0342. The van der Waals surface area contributed by atoms with Crippen LogP contribution >= 0.6 is 0 Å². The zero-order valence-corrected chi connectivity index (χ0v) is 10.00. The van der Waals surface area contributed by atoms with Gasteiger partial charge in [0.15, 0.2) is 0 Å². The first-order valence-corrected chi connectivity index (χ1v) is 5.97. The molecule has 0 atom stereocenters. The van der Waals surface area contributed by atoms with Gasteiger partial charge in [-0.25, -0.2) is 0 Å². The van der Waals surface area contributed by atoms with E-state index in [-0.39, 0.29) is 5.91 Å². The molecule has 0 aromatic rings. The van der Waals surface area contributed by atoms with E-state index >= 15 is 0 Å². The fourth-order valence-electron chi connectivity index (χ4n) is 1.92. The van der Waals surface area contributed by atoms with Crippen molar-refractivity contribution < 1.29 is 9.53 Å². The molecule has 4 N–H and O–H groups in total. The molecule has 5 heteroatoms. The van der Waals surface area contributed by atoms with E-state index in [1.165, 1.54) is 0 Å². The van der Waals surface area contributed by atoms with Gasteiger partial charge in [0, 0.05) is 25.7 Å². The highest BCUT2D eigenvalue weighted by Crippen LogP contribution is 2.16. The van der Waals surface area contributed by atoms with Crippen molar-refractivity contribution >= 4 is 5.91 Å². The Bertz CT molecular complexity index is 203. The summed E-state index contributed by atoms with van der Waals surface area (Å²) in [6.45, 7) is 1.53. The number of carbonyl (C=O) groups excluding carboxylic acids is 1. The van der Waals surface area contributed by atoms with Crippen molar-refractivity contribution in [1.29, 1.82) is 0 Å². The minimum Gasteiger partial charge on any atom is -0.383 e. The van der Waals surface area contributed by atoms with Crippen LogP contribution in [-0.4, -0.2) is 44.8 Å². The molecule has 1 saturated carbocycles. The number of nitrogens with two attached hydrogens (primary N) is 1. The number of amides is 1. The van der Waals surface area contributed by atoms with Crippen LogP contribution in [0.4, 0.5) is 0 Å². The van der Waals surface area contributed by atoms with E-state index < -0.39 is 0 Å². The largest absolute Gasteiger partial charge is 0.383 e. The van der Waals surface area contributed by atoms with Gasteiger partial charge in [0.05, 0.1) is 13.2 Å². The molecule has 94 valence electrons. The molecule has 1 aliphatic rings. The third-order valence-electron chi connectivity index (χ3n) is 2.95. The van der Waals surface area contributed by atoms with Crippen LogP contribution < -0.4 is 16.4 Å². The van der Waals surface area contributed by atoms with Crippen molar-refractivity contribution in [3.05, 3.63) is 0 Å². The highest BCUT2D eigenvalue weighted by atomic mass is 16.5. The zero-order valence-electron chi connectivity index (χ0n) is 10.00. The molecule has 1 fully saturated rings. The van der Waals surface area contributed by atoms with Crippen LogP contribution in [0, 0.1) is 0 Å². The fourth-order valence-corrected chi connectivity index (χ4v) is 1.92. The summed E-state index contributed by atoms with van der Waals surface area (Å²) < 4.78 is 4.85. The maximum absolute atomic E-state index is 11.4. The number of ether oxygens (including phenoxy) is 1. The first-order chi connectivity index (χ1) is 7.72. The predicted octanol–water partition coefficient (Wildman–Crippen LogP) is -0.391. The van der Waals surface area contributed by atoms with Crippen molar-refractivity contribution in [2.45, 2.75) is 37.8 Å². The molecule has 0 saturated heterocycles. The molecule has 1 rings (SSSR count). The zero-order chi connectivity index (χ0) is 11.8. The highest BCUT2D eigenvalue weighted by molar-refractivity contribution is 5.77. The summed E-state index contributed by atoms with van der Waals surface area (Å²) in [4.78, 5) is 11.4. The minimum absolute atomic E-state index is 0.0342. The number of hydrogen-bond donors (Lipinski definition) is 3. The molecule has 16 heavy (non-hydrogen) atoms. The van der Waals surface area contributed by atoms with E-state index in [9.17, 15) is 4.79 Å². The molecule has 0 aromatic carbocycles. The van der Waals surface area contributed by atoms with Gasteiger partial charge in [0.2, 0.25) is 5.91 Å². The Morgan fingerprint density at radius 2 is 2.06 bits per heavy atom. The Morgan fingerprint density at radius 3 is 2.69 bits per heavy atom. The van der Waals surface area contributed by atoms with Gasteiger partial charge in [-0.3, -0.25) is 4.79 Å². The smallest absolute Gasteiger partial charge is 0.234 e. The Balaban J connectivity index is 2.03. The molecule has 0 unspecified atom stereocenters. The fraction of sp³-hybridized carbons (Fsp3) is 0.909. The van der Waals surface area contributed by atoms with E-state index in [2.05, 4.69) is 10.6 Å².